The molecule has 0 saturated carbocycles. The molecule has 0 unspecified atom stereocenters. The molecular weight excluding hydrogens is 216 g/mol. The maximum atomic E-state index is 5.60. The van der Waals surface area contributed by atoms with Crippen LogP contribution in [0.4, 0.5) is 0 Å². The van der Waals surface area contributed by atoms with Crippen molar-refractivity contribution in [3.8, 4) is 17.2 Å². The Kier molecular flexibility index (Phi) is 4.27. The van der Waals surface area contributed by atoms with E-state index in [-0.39, 0.29) is 5.41 Å². The van der Waals surface area contributed by atoms with Gasteiger partial charge in [-0.1, -0.05) is 20.8 Å². The van der Waals surface area contributed by atoms with E-state index in [9.17, 15) is 0 Å². The van der Waals surface area contributed by atoms with Gasteiger partial charge < -0.3 is 14.2 Å². The SMILES string of the molecule is CCOc1cc(C(C)(C)C)cc(OC)c1OC. The summed E-state index contributed by atoms with van der Waals surface area (Å²) in [5.74, 6) is 2.10. The lowest BCUT2D eigenvalue weighted by Gasteiger charge is -2.22. The van der Waals surface area contributed by atoms with Gasteiger partial charge in [0.2, 0.25) is 5.75 Å². The van der Waals surface area contributed by atoms with Crippen molar-refractivity contribution in [1.29, 1.82) is 0 Å². The average molecular weight is 238 g/mol. The first-order chi connectivity index (χ1) is 7.93. The van der Waals surface area contributed by atoms with Gasteiger partial charge in [0.05, 0.1) is 20.8 Å². The van der Waals surface area contributed by atoms with Gasteiger partial charge in [-0.05, 0) is 30.0 Å². The Hall–Kier alpha value is -1.38. The summed E-state index contributed by atoms with van der Waals surface area (Å²) in [7, 11) is 3.26. The topological polar surface area (TPSA) is 27.7 Å². The van der Waals surface area contributed by atoms with Gasteiger partial charge in [0, 0.05) is 0 Å². The normalized spacial score (nSPS) is 11.2. The lowest BCUT2D eigenvalue weighted by atomic mass is 9.86. The number of hydrogen-bond acceptors (Lipinski definition) is 3. The van der Waals surface area contributed by atoms with E-state index < -0.39 is 0 Å². The molecule has 0 N–H and O–H groups in total. The zero-order valence-corrected chi connectivity index (χ0v) is 11.6. The first-order valence-electron chi connectivity index (χ1n) is 5.83. The third kappa shape index (κ3) is 3.05. The summed E-state index contributed by atoms with van der Waals surface area (Å²) in [5.41, 5.74) is 1.21. The molecule has 0 aliphatic heterocycles. The van der Waals surface area contributed by atoms with E-state index in [1.165, 1.54) is 5.56 Å². The standard InChI is InChI=1S/C14H22O3/c1-7-17-12-9-10(14(2,3)4)8-11(15-5)13(12)16-6/h8-9H,7H2,1-6H3. The highest BCUT2D eigenvalue weighted by Crippen LogP contribution is 2.41. The van der Waals surface area contributed by atoms with Crippen LogP contribution in [0.25, 0.3) is 0 Å². The van der Waals surface area contributed by atoms with E-state index in [1.807, 2.05) is 19.1 Å². The molecule has 17 heavy (non-hydrogen) atoms. The highest BCUT2D eigenvalue weighted by molar-refractivity contribution is 5.55. The second kappa shape index (κ2) is 5.30. The fourth-order valence-electron chi connectivity index (χ4n) is 1.63. The first-order valence-corrected chi connectivity index (χ1v) is 5.83. The maximum Gasteiger partial charge on any atom is 0.203 e. The van der Waals surface area contributed by atoms with Crippen molar-refractivity contribution >= 4 is 0 Å². The van der Waals surface area contributed by atoms with Crippen molar-refractivity contribution in [3.63, 3.8) is 0 Å². The minimum absolute atomic E-state index is 0.0470. The van der Waals surface area contributed by atoms with Gasteiger partial charge in [0.15, 0.2) is 11.5 Å². The van der Waals surface area contributed by atoms with Gasteiger partial charge in [0.1, 0.15) is 0 Å². The summed E-state index contributed by atoms with van der Waals surface area (Å²) in [6.45, 7) is 9.03. The summed E-state index contributed by atoms with van der Waals surface area (Å²) in [4.78, 5) is 0. The molecule has 0 heterocycles. The third-order valence-corrected chi connectivity index (χ3v) is 2.61. The molecule has 0 saturated heterocycles. The zero-order valence-electron chi connectivity index (χ0n) is 11.6. The van der Waals surface area contributed by atoms with Crippen molar-refractivity contribution < 1.29 is 14.2 Å². The Morgan fingerprint density at radius 3 is 2.00 bits per heavy atom. The molecule has 1 aromatic rings. The monoisotopic (exact) mass is 238 g/mol. The van der Waals surface area contributed by atoms with Crippen LogP contribution < -0.4 is 14.2 Å². The number of hydrogen-bond donors (Lipinski definition) is 0. The van der Waals surface area contributed by atoms with Crippen LogP contribution in [0, 0.1) is 0 Å². The molecule has 3 heteroatoms. The maximum absolute atomic E-state index is 5.60. The molecule has 1 aromatic carbocycles. The van der Waals surface area contributed by atoms with Crippen LogP contribution in [0.3, 0.4) is 0 Å². The second-order valence-corrected chi connectivity index (χ2v) is 4.89. The summed E-state index contributed by atoms with van der Waals surface area (Å²) >= 11 is 0. The predicted octanol–water partition coefficient (Wildman–Crippen LogP) is 3.40. The van der Waals surface area contributed by atoms with Gasteiger partial charge in [-0.3, -0.25) is 0 Å². The summed E-state index contributed by atoms with van der Waals surface area (Å²) in [6.07, 6.45) is 0. The average Bonchev–Trinajstić information content (AvgIpc) is 2.27. The molecular formula is C14H22O3. The molecule has 0 atom stereocenters. The predicted molar refractivity (Wildman–Crippen MR) is 69.4 cm³/mol. The van der Waals surface area contributed by atoms with E-state index in [0.29, 0.717) is 18.1 Å². The fourth-order valence-corrected chi connectivity index (χ4v) is 1.63. The first kappa shape index (κ1) is 13.7. The van der Waals surface area contributed by atoms with Crippen LogP contribution in [0.5, 0.6) is 17.2 Å². The van der Waals surface area contributed by atoms with E-state index in [0.717, 1.165) is 5.75 Å². The lowest BCUT2D eigenvalue weighted by molar-refractivity contribution is 0.295. The number of benzene rings is 1. The minimum atomic E-state index is 0.0470. The Bertz CT molecular complexity index is 378. The Morgan fingerprint density at radius 1 is 1.00 bits per heavy atom. The van der Waals surface area contributed by atoms with Gasteiger partial charge in [0.25, 0.3) is 0 Å². The van der Waals surface area contributed by atoms with Crippen LogP contribution in [0.2, 0.25) is 0 Å². The van der Waals surface area contributed by atoms with E-state index in [4.69, 9.17) is 14.2 Å². The molecule has 0 fully saturated rings. The van der Waals surface area contributed by atoms with Gasteiger partial charge in [-0.15, -0.1) is 0 Å². The van der Waals surface area contributed by atoms with Crippen LogP contribution in [0.1, 0.15) is 33.3 Å². The summed E-state index contributed by atoms with van der Waals surface area (Å²) < 4.78 is 16.3. The van der Waals surface area contributed by atoms with Crippen molar-refractivity contribution in [3.05, 3.63) is 17.7 Å². The van der Waals surface area contributed by atoms with Crippen LogP contribution in [-0.2, 0) is 5.41 Å². The number of rotatable bonds is 4. The molecule has 0 spiro atoms. The van der Waals surface area contributed by atoms with Crippen molar-refractivity contribution in [1.82, 2.24) is 0 Å². The molecule has 0 aliphatic rings. The molecule has 0 bridgehead atoms. The van der Waals surface area contributed by atoms with E-state index in [2.05, 4.69) is 20.8 Å². The second-order valence-electron chi connectivity index (χ2n) is 4.89. The molecule has 96 valence electrons. The van der Waals surface area contributed by atoms with E-state index in [1.54, 1.807) is 14.2 Å². The molecule has 1 rings (SSSR count). The highest BCUT2D eigenvalue weighted by Gasteiger charge is 2.20. The molecule has 0 aromatic heterocycles. The Balaban J connectivity index is 3.34. The smallest absolute Gasteiger partial charge is 0.203 e. The van der Waals surface area contributed by atoms with Crippen molar-refractivity contribution in [2.45, 2.75) is 33.1 Å². The van der Waals surface area contributed by atoms with Crippen LogP contribution >= 0.6 is 0 Å². The minimum Gasteiger partial charge on any atom is -0.493 e. The van der Waals surface area contributed by atoms with Crippen molar-refractivity contribution in [2.24, 2.45) is 0 Å². The Labute approximate surface area is 104 Å². The lowest BCUT2D eigenvalue weighted by Crippen LogP contribution is -2.12. The van der Waals surface area contributed by atoms with Crippen LogP contribution in [0.15, 0.2) is 12.1 Å². The van der Waals surface area contributed by atoms with Gasteiger partial charge >= 0.3 is 0 Å². The number of methoxy groups -OCH3 is 2. The molecule has 0 radical (unpaired) electrons. The quantitative estimate of drug-likeness (QED) is 0.804. The number of ether oxygens (including phenoxy) is 3. The van der Waals surface area contributed by atoms with Crippen LogP contribution in [-0.4, -0.2) is 20.8 Å². The van der Waals surface area contributed by atoms with Gasteiger partial charge in [-0.25, -0.2) is 0 Å². The molecule has 3 nitrogen and oxygen atoms in total. The third-order valence-electron chi connectivity index (χ3n) is 2.61. The highest BCUT2D eigenvalue weighted by atomic mass is 16.5. The zero-order chi connectivity index (χ0) is 13.1. The molecule has 0 aliphatic carbocycles. The van der Waals surface area contributed by atoms with Gasteiger partial charge in [-0.2, -0.15) is 0 Å². The van der Waals surface area contributed by atoms with E-state index >= 15 is 0 Å². The summed E-state index contributed by atoms with van der Waals surface area (Å²) in [5, 5.41) is 0. The summed E-state index contributed by atoms with van der Waals surface area (Å²) in [6, 6.07) is 4.02. The Morgan fingerprint density at radius 2 is 1.59 bits per heavy atom. The fraction of sp³-hybridized carbons (Fsp3) is 0.571. The van der Waals surface area contributed by atoms with Crippen molar-refractivity contribution in [2.75, 3.05) is 20.8 Å². The largest absolute Gasteiger partial charge is 0.493 e. The molecule has 0 amide bonds.